The second-order valence-electron chi connectivity index (χ2n) is 3.44. The zero-order valence-corrected chi connectivity index (χ0v) is 10.4. The van der Waals surface area contributed by atoms with E-state index in [1.807, 2.05) is 6.92 Å². The minimum Gasteiger partial charge on any atom is -0.493 e. The van der Waals surface area contributed by atoms with E-state index >= 15 is 0 Å². The maximum absolute atomic E-state index is 10.8. The normalized spacial score (nSPS) is 10.3. The van der Waals surface area contributed by atoms with Crippen LogP contribution in [0.2, 0.25) is 0 Å². The van der Waals surface area contributed by atoms with Crippen LogP contribution in [0.5, 0.6) is 5.75 Å². The Hall–Kier alpha value is -2.15. The molecule has 0 aliphatic rings. The number of thiazole rings is 1. The van der Waals surface area contributed by atoms with Crippen LogP contribution in [-0.4, -0.2) is 16.5 Å². The Morgan fingerprint density at radius 2 is 2.33 bits per heavy atom. The van der Waals surface area contributed by atoms with Crippen LogP contribution >= 0.6 is 11.3 Å². The number of hydrogen-bond donors (Lipinski definition) is 1. The number of benzene rings is 1. The number of hydrogen-bond acceptors (Lipinski definition) is 6. The first-order chi connectivity index (χ1) is 8.61. The Balaban J connectivity index is 2.53. The summed E-state index contributed by atoms with van der Waals surface area (Å²) < 4.78 is 5.44. The number of nitrogens with two attached hydrogens (primary N) is 1. The van der Waals surface area contributed by atoms with Crippen LogP contribution in [0.25, 0.3) is 11.3 Å². The molecule has 2 N–H and O–H groups in total. The first-order valence-corrected chi connectivity index (χ1v) is 6.12. The van der Waals surface area contributed by atoms with Crippen LogP contribution < -0.4 is 10.5 Å². The summed E-state index contributed by atoms with van der Waals surface area (Å²) in [4.78, 5) is 14.4. The van der Waals surface area contributed by atoms with Gasteiger partial charge in [0.2, 0.25) is 0 Å². The number of ether oxygens (including phenoxy) is 1. The Kier molecular flexibility index (Phi) is 3.42. The van der Waals surface area contributed by atoms with E-state index in [0.717, 1.165) is 0 Å². The van der Waals surface area contributed by atoms with E-state index in [1.54, 1.807) is 11.4 Å². The third-order valence-corrected chi connectivity index (χ3v) is 2.95. The number of nitro benzene ring substituents is 1. The molecule has 0 aliphatic carbocycles. The fraction of sp³-hybridized carbons (Fsp3) is 0.182. The average Bonchev–Trinajstić information content (AvgIpc) is 2.76. The number of nitrogen functional groups attached to an aromatic ring is 1. The molecule has 2 aromatic rings. The molecular weight excluding hydrogens is 254 g/mol. The quantitative estimate of drug-likeness (QED) is 0.677. The molecule has 0 aliphatic heterocycles. The average molecular weight is 265 g/mol. The Morgan fingerprint density at radius 3 is 2.89 bits per heavy atom. The lowest BCUT2D eigenvalue weighted by Gasteiger charge is -2.07. The van der Waals surface area contributed by atoms with Gasteiger partial charge in [-0.05, 0) is 13.0 Å². The van der Waals surface area contributed by atoms with Gasteiger partial charge in [-0.2, -0.15) is 0 Å². The molecule has 1 heterocycles. The van der Waals surface area contributed by atoms with Gasteiger partial charge in [0.05, 0.1) is 17.2 Å². The van der Waals surface area contributed by atoms with Crippen molar-refractivity contribution in [2.75, 3.05) is 12.3 Å². The smallest absolute Gasteiger partial charge is 0.270 e. The molecule has 1 aromatic carbocycles. The molecule has 0 fully saturated rings. The van der Waals surface area contributed by atoms with Crippen LogP contribution in [0, 0.1) is 10.1 Å². The van der Waals surface area contributed by atoms with E-state index in [9.17, 15) is 10.1 Å². The number of rotatable bonds is 4. The summed E-state index contributed by atoms with van der Waals surface area (Å²) in [6.07, 6.45) is 0. The van der Waals surface area contributed by atoms with Crippen molar-refractivity contribution in [3.63, 3.8) is 0 Å². The van der Waals surface area contributed by atoms with Crippen LogP contribution in [0.1, 0.15) is 6.92 Å². The van der Waals surface area contributed by atoms with E-state index < -0.39 is 4.92 Å². The summed E-state index contributed by atoms with van der Waals surface area (Å²) in [6, 6.07) is 4.43. The lowest BCUT2D eigenvalue weighted by atomic mass is 10.1. The molecule has 0 radical (unpaired) electrons. The third-order valence-electron chi connectivity index (χ3n) is 2.27. The van der Waals surface area contributed by atoms with Crippen molar-refractivity contribution in [2.45, 2.75) is 6.92 Å². The van der Waals surface area contributed by atoms with E-state index in [4.69, 9.17) is 10.5 Å². The lowest BCUT2D eigenvalue weighted by molar-refractivity contribution is -0.384. The van der Waals surface area contributed by atoms with E-state index in [0.29, 0.717) is 28.7 Å². The molecule has 2 rings (SSSR count). The highest BCUT2D eigenvalue weighted by molar-refractivity contribution is 7.13. The van der Waals surface area contributed by atoms with Gasteiger partial charge in [-0.15, -0.1) is 11.3 Å². The molecule has 0 unspecified atom stereocenters. The van der Waals surface area contributed by atoms with Crippen molar-refractivity contribution in [3.05, 3.63) is 33.7 Å². The van der Waals surface area contributed by atoms with Crippen molar-refractivity contribution in [1.82, 2.24) is 4.98 Å². The van der Waals surface area contributed by atoms with Gasteiger partial charge in [-0.3, -0.25) is 10.1 Å². The Bertz CT molecular complexity index is 583. The summed E-state index contributed by atoms with van der Waals surface area (Å²) in [5.74, 6) is 0.563. The van der Waals surface area contributed by atoms with Gasteiger partial charge in [0.1, 0.15) is 5.75 Å². The fourth-order valence-corrected chi connectivity index (χ4v) is 2.09. The van der Waals surface area contributed by atoms with Crippen LogP contribution in [0.15, 0.2) is 23.6 Å². The second kappa shape index (κ2) is 5.01. The number of nitrogens with zero attached hydrogens (tertiary/aromatic N) is 2. The molecule has 6 nitrogen and oxygen atoms in total. The highest BCUT2D eigenvalue weighted by Gasteiger charge is 2.15. The predicted octanol–water partition coefficient (Wildman–Crippen LogP) is 2.70. The SMILES string of the molecule is CCOc1ccc([N+](=O)[O-])cc1-c1csc(N)n1. The molecule has 18 heavy (non-hydrogen) atoms. The molecule has 94 valence electrons. The first kappa shape index (κ1) is 12.3. The van der Waals surface area contributed by atoms with Gasteiger partial charge in [-0.1, -0.05) is 0 Å². The molecule has 0 saturated carbocycles. The maximum atomic E-state index is 10.8. The van der Waals surface area contributed by atoms with Crippen molar-refractivity contribution in [3.8, 4) is 17.0 Å². The standard InChI is InChI=1S/C11H11N3O3S/c1-2-17-10-4-3-7(14(15)16)5-8(10)9-6-18-11(12)13-9/h3-6H,2H2,1H3,(H2,12,13). The van der Waals surface area contributed by atoms with Gasteiger partial charge in [0, 0.05) is 23.1 Å². The molecule has 0 saturated heterocycles. The predicted molar refractivity (Wildman–Crippen MR) is 69.8 cm³/mol. The minimum atomic E-state index is -0.449. The highest BCUT2D eigenvalue weighted by atomic mass is 32.1. The second-order valence-corrected chi connectivity index (χ2v) is 4.33. The lowest BCUT2D eigenvalue weighted by Crippen LogP contribution is -1.96. The van der Waals surface area contributed by atoms with E-state index in [2.05, 4.69) is 4.98 Å². The Morgan fingerprint density at radius 1 is 1.56 bits per heavy atom. The zero-order valence-electron chi connectivity index (χ0n) is 9.62. The molecule has 0 bridgehead atoms. The van der Waals surface area contributed by atoms with Crippen molar-refractivity contribution in [1.29, 1.82) is 0 Å². The van der Waals surface area contributed by atoms with Crippen LogP contribution in [0.4, 0.5) is 10.8 Å². The summed E-state index contributed by atoms with van der Waals surface area (Å²) >= 11 is 1.28. The number of aromatic nitrogens is 1. The topological polar surface area (TPSA) is 91.3 Å². The molecule has 0 spiro atoms. The van der Waals surface area contributed by atoms with Gasteiger partial charge in [-0.25, -0.2) is 4.98 Å². The number of non-ortho nitro benzene ring substituents is 1. The molecule has 0 atom stereocenters. The fourth-order valence-electron chi connectivity index (χ4n) is 1.52. The van der Waals surface area contributed by atoms with Gasteiger partial charge < -0.3 is 10.5 Å². The summed E-state index contributed by atoms with van der Waals surface area (Å²) in [6.45, 7) is 2.32. The van der Waals surface area contributed by atoms with Gasteiger partial charge in [0.25, 0.3) is 5.69 Å². The molecular formula is C11H11N3O3S. The summed E-state index contributed by atoms with van der Waals surface area (Å²) in [5, 5.41) is 12.9. The van der Waals surface area contributed by atoms with Crippen molar-refractivity contribution in [2.24, 2.45) is 0 Å². The zero-order chi connectivity index (χ0) is 13.1. The maximum Gasteiger partial charge on any atom is 0.270 e. The van der Waals surface area contributed by atoms with Crippen molar-refractivity contribution >= 4 is 22.2 Å². The largest absolute Gasteiger partial charge is 0.493 e. The van der Waals surface area contributed by atoms with Gasteiger partial charge >= 0.3 is 0 Å². The van der Waals surface area contributed by atoms with E-state index in [1.165, 1.54) is 23.5 Å². The highest BCUT2D eigenvalue weighted by Crippen LogP contribution is 2.34. The summed E-state index contributed by atoms with van der Waals surface area (Å²) in [5.41, 5.74) is 6.74. The van der Waals surface area contributed by atoms with Gasteiger partial charge in [0.15, 0.2) is 5.13 Å². The number of anilines is 1. The molecule has 7 heteroatoms. The minimum absolute atomic E-state index is 0.0000227. The van der Waals surface area contributed by atoms with Crippen molar-refractivity contribution < 1.29 is 9.66 Å². The molecule has 1 aromatic heterocycles. The van der Waals surface area contributed by atoms with Crippen LogP contribution in [-0.2, 0) is 0 Å². The Labute approximate surface area is 107 Å². The van der Waals surface area contributed by atoms with E-state index in [-0.39, 0.29) is 5.69 Å². The molecule has 0 amide bonds. The van der Waals surface area contributed by atoms with Crippen LogP contribution in [0.3, 0.4) is 0 Å². The summed E-state index contributed by atoms with van der Waals surface area (Å²) in [7, 11) is 0. The number of nitro groups is 1. The first-order valence-electron chi connectivity index (χ1n) is 5.24. The third kappa shape index (κ3) is 2.40. The monoisotopic (exact) mass is 265 g/mol.